The predicted molar refractivity (Wildman–Crippen MR) is 38.1 cm³/mol. The van der Waals surface area contributed by atoms with Crippen LogP contribution in [-0.2, 0) is 4.79 Å². The Kier molecular flexibility index (Phi) is 2.73. The van der Waals surface area contributed by atoms with Crippen molar-refractivity contribution < 1.29 is 4.79 Å². The largest absolute Gasteiger partial charge is 0.281 e. The molecule has 0 aliphatic heterocycles. The van der Waals surface area contributed by atoms with Crippen LogP contribution in [-0.4, -0.2) is 5.24 Å². The van der Waals surface area contributed by atoms with Gasteiger partial charge in [-0.25, -0.2) is 0 Å². The second-order valence-corrected chi connectivity index (χ2v) is 2.98. The van der Waals surface area contributed by atoms with E-state index in [9.17, 15) is 4.79 Å². The quantitative estimate of drug-likeness (QED) is 0.427. The van der Waals surface area contributed by atoms with Gasteiger partial charge in [-0.05, 0) is 25.4 Å². The van der Waals surface area contributed by atoms with Crippen molar-refractivity contribution in [1.29, 1.82) is 0 Å². The zero-order valence-corrected chi connectivity index (χ0v) is 6.33. The van der Waals surface area contributed by atoms with E-state index < -0.39 is 5.41 Å². The van der Waals surface area contributed by atoms with E-state index in [2.05, 4.69) is 5.92 Å². The van der Waals surface area contributed by atoms with E-state index in [0.717, 1.165) is 0 Å². The molecule has 50 valence electrons. The molecule has 0 N–H and O–H groups in total. The highest BCUT2D eigenvalue weighted by atomic mass is 35.5. The van der Waals surface area contributed by atoms with Crippen LogP contribution >= 0.6 is 11.6 Å². The Morgan fingerprint density at radius 2 is 2.22 bits per heavy atom. The number of hydrogen-bond acceptors (Lipinski definition) is 1. The molecule has 0 heterocycles. The lowest BCUT2D eigenvalue weighted by Gasteiger charge is -2.12. The first-order valence-corrected chi connectivity index (χ1v) is 3.02. The molecule has 0 unspecified atom stereocenters. The highest BCUT2D eigenvalue weighted by molar-refractivity contribution is 6.63. The van der Waals surface area contributed by atoms with Gasteiger partial charge in [-0.2, -0.15) is 0 Å². The number of terminal acetylenes is 1. The van der Waals surface area contributed by atoms with Crippen molar-refractivity contribution in [2.24, 2.45) is 5.41 Å². The van der Waals surface area contributed by atoms with Crippen LogP contribution in [0.1, 0.15) is 20.3 Å². The van der Waals surface area contributed by atoms with E-state index in [1.807, 2.05) is 0 Å². The van der Waals surface area contributed by atoms with Crippen LogP contribution in [0.15, 0.2) is 0 Å². The number of rotatable bonds is 2. The standard InChI is InChI=1S/C7H9ClO/c1-4-7(2,3)5-6(8)9/h1H,5H2,2-3H3. The fourth-order valence-electron chi connectivity index (χ4n) is 0.398. The average Bonchev–Trinajstić information content (AvgIpc) is 1.63. The van der Waals surface area contributed by atoms with Gasteiger partial charge in [0.2, 0.25) is 5.24 Å². The summed E-state index contributed by atoms with van der Waals surface area (Å²) < 4.78 is 0. The van der Waals surface area contributed by atoms with Gasteiger partial charge in [-0.1, -0.05) is 0 Å². The summed E-state index contributed by atoms with van der Waals surface area (Å²) in [6.45, 7) is 3.60. The molecule has 0 saturated heterocycles. The Labute approximate surface area is 60.4 Å². The molecule has 0 aromatic heterocycles. The van der Waals surface area contributed by atoms with Gasteiger partial charge >= 0.3 is 0 Å². The summed E-state index contributed by atoms with van der Waals surface area (Å²) in [6, 6.07) is 0. The number of carbonyl (C=O) groups excluding carboxylic acids is 1. The summed E-state index contributed by atoms with van der Waals surface area (Å²) >= 11 is 5.11. The van der Waals surface area contributed by atoms with E-state index in [4.69, 9.17) is 18.0 Å². The van der Waals surface area contributed by atoms with Gasteiger partial charge in [0.25, 0.3) is 0 Å². The van der Waals surface area contributed by atoms with Crippen LogP contribution in [0.4, 0.5) is 0 Å². The molecule has 0 aliphatic carbocycles. The highest BCUT2D eigenvalue weighted by Crippen LogP contribution is 2.19. The highest BCUT2D eigenvalue weighted by Gasteiger charge is 2.16. The minimum Gasteiger partial charge on any atom is -0.281 e. The molecule has 0 aromatic rings. The zero-order valence-electron chi connectivity index (χ0n) is 5.57. The van der Waals surface area contributed by atoms with Crippen LogP contribution in [0.5, 0.6) is 0 Å². The Morgan fingerprint density at radius 3 is 2.33 bits per heavy atom. The lowest BCUT2D eigenvalue weighted by Crippen LogP contribution is -2.10. The fourth-order valence-corrected chi connectivity index (χ4v) is 0.733. The summed E-state index contributed by atoms with van der Waals surface area (Å²) in [5.41, 5.74) is -0.390. The minimum atomic E-state index is -0.390. The number of carbonyl (C=O) groups is 1. The third-order valence-corrected chi connectivity index (χ3v) is 1.11. The van der Waals surface area contributed by atoms with Crippen molar-refractivity contribution in [3.05, 3.63) is 0 Å². The molecule has 9 heavy (non-hydrogen) atoms. The van der Waals surface area contributed by atoms with Crippen LogP contribution in [0.25, 0.3) is 0 Å². The fraction of sp³-hybridized carbons (Fsp3) is 0.571. The first kappa shape index (κ1) is 8.52. The summed E-state index contributed by atoms with van der Waals surface area (Å²) in [4.78, 5) is 10.3. The molecule has 0 fully saturated rings. The van der Waals surface area contributed by atoms with Crippen LogP contribution in [0.3, 0.4) is 0 Å². The van der Waals surface area contributed by atoms with Gasteiger partial charge in [0.15, 0.2) is 0 Å². The van der Waals surface area contributed by atoms with Crippen molar-refractivity contribution >= 4 is 16.8 Å². The molecule has 2 heteroatoms. The second-order valence-electron chi connectivity index (χ2n) is 2.56. The normalized spacial score (nSPS) is 10.4. The van der Waals surface area contributed by atoms with Gasteiger partial charge < -0.3 is 0 Å². The Morgan fingerprint density at radius 1 is 1.78 bits per heavy atom. The van der Waals surface area contributed by atoms with Crippen molar-refractivity contribution in [3.63, 3.8) is 0 Å². The molecule has 0 aromatic carbocycles. The molecule has 0 rings (SSSR count). The Hall–Kier alpha value is -0.480. The lowest BCUT2D eigenvalue weighted by atomic mass is 9.91. The summed E-state index contributed by atoms with van der Waals surface area (Å²) in [5, 5.41) is -0.377. The first-order chi connectivity index (χ1) is 3.98. The number of hydrogen-bond donors (Lipinski definition) is 0. The molecule has 0 spiro atoms. The number of halogens is 1. The zero-order chi connectivity index (χ0) is 7.49. The van der Waals surface area contributed by atoms with E-state index in [1.165, 1.54) is 0 Å². The Balaban J connectivity index is 3.91. The smallest absolute Gasteiger partial charge is 0.223 e. The van der Waals surface area contributed by atoms with Gasteiger partial charge in [0.1, 0.15) is 0 Å². The molecule has 0 atom stereocenters. The lowest BCUT2D eigenvalue weighted by molar-refractivity contribution is -0.112. The summed E-state index contributed by atoms with van der Waals surface area (Å²) in [5.74, 6) is 2.47. The maximum atomic E-state index is 10.3. The van der Waals surface area contributed by atoms with Crippen LogP contribution < -0.4 is 0 Å². The summed E-state index contributed by atoms with van der Waals surface area (Å²) in [7, 11) is 0. The Bertz CT molecular complexity index is 153. The van der Waals surface area contributed by atoms with Gasteiger partial charge in [0.05, 0.1) is 0 Å². The molecule has 0 amide bonds. The molecule has 1 nitrogen and oxygen atoms in total. The first-order valence-electron chi connectivity index (χ1n) is 2.64. The topological polar surface area (TPSA) is 17.1 Å². The maximum Gasteiger partial charge on any atom is 0.223 e. The SMILES string of the molecule is C#CC(C)(C)CC(=O)Cl. The van der Waals surface area contributed by atoms with E-state index >= 15 is 0 Å². The van der Waals surface area contributed by atoms with Crippen molar-refractivity contribution in [2.45, 2.75) is 20.3 Å². The third kappa shape index (κ3) is 4.05. The second kappa shape index (κ2) is 2.89. The van der Waals surface area contributed by atoms with Crippen molar-refractivity contribution in [1.82, 2.24) is 0 Å². The summed E-state index contributed by atoms with van der Waals surface area (Å²) in [6.07, 6.45) is 5.33. The van der Waals surface area contributed by atoms with Crippen LogP contribution in [0, 0.1) is 17.8 Å². The van der Waals surface area contributed by atoms with Gasteiger partial charge in [-0.15, -0.1) is 12.3 Å². The molecular weight excluding hydrogens is 136 g/mol. The molecule has 0 radical (unpaired) electrons. The van der Waals surface area contributed by atoms with Gasteiger partial charge in [0, 0.05) is 11.8 Å². The third-order valence-electron chi connectivity index (χ3n) is 0.972. The molecular formula is C7H9ClO. The van der Waals surface area contributed by atoms with E-state index in [-0.39, 0.29) is 11.7 Å². The molecule has 0 aliphatic rings. The van der Waals surface area contributed by atoms with Gasteiger partial charge in [-0.3, -0.25) is 4.79 Å². The molecule has 0 saturated carbocycles. The van der Waals surface area contributed by atoms with Crippen molar-refractivity contribution in [3.8, 4) is 12.3 Å². The van der Waals surface area contributed by atoms with Crippen LogP contribution in [0.2, 0.25) is 0 Å². The minimum absolute atomic E-state index is 0.241. The predicted octanol–water partition coefficient (Wildman–Crippen LogP) is 1.80. The van der Waals surface area contributed by atoms with E-state index in [0.29, 0.717) is 0 Å². The average molecular weight is 145 g/mol. The molecule has 0 bridgehead atoms. The maximum absolute atomic E-state index is 10.3. The van der Waals surface area contributed by atoms with Crippen molar-refractivity contribution in [2.75, 3.05) is 0 Å². The van der Waals surface area contributed by atoms with E-state index in [1.54, 1.807) is 13.8 Å². The monoisotopic (exact) mass is 144 g/mol.